The molecule has 0 spiro atoms. The zero-order valence-corrected chi connectivity index (χ0v) is 19.2. The lowest BCUT2D eigenvalue weighted by Crippen LogP contribution is -2.53. The lowest BCUT2D eigenvalue weighted by atomic mass is 10.0. The van der Waals surface area contributed by atoms with Crippen LogP contribution in [0, 0.1) is 0 Å². The number of anilines is 1. The van der Waals surface area contributed by atoms with Gasteiger partial charge in [0.1, 0.15) is 12.1 Å². The van der Waals surface area contributed by atoms with Crippen molar-refractivity contribution in [2.75, 3.05) is 5.32 Å². The molecule has 4 N–H and O–H groups in total. The van der Waals surface area contributed by atoms with Crippen molar-refractivity contribution in [2.45, 2.75) is 31.8 Å². The Morgan fingerprint density at radius 3 is 1.83 bits per heavy atom. The van der Waals surface area contributed by atoms with Gasteiger partial charge in [0.05, 0.1) is 0 Å². The third kappa shape index (κ3) is 7.82. The summed E-state index contributed by atoms with van der Waals surface area (Å²) in [6.45, 7) is 1.40. The number of rotatable bonds is 10. The molecule has 35 heavy (non-hydrogen) atoms. The van der Waals surface area contributed by atoms with E-state index < -0.39 is 29.9 Å². The Balaban J connectivity index is 1.74. The number of aliphatic carboxylic acids is 1. The maximum atomic E-state index is 13.2. The Kier molecular flexibility index (Phi) is 8.72. The number of carboxylic acid groups (broad SMARTS) is 1. The minimum absolute atomic E-state index is 0.0338. The summed E-state index contributed by atoms with van der Waals surface area (Å²) >= 11 is 0. The number of amides is 3. The van der Waals surface area contributed by atoms with Crippen LogP contribution >= 0.6 is 0 Å². The van der Waals surface area contributed by atoms with Gasteiger partial charge in [0, 0.05) is 31.0 Å². The first-order valence-electron chi connectivity index (χ1n) is 11.1. The second-order valence-corrected chi connectivity index (χ2v) is 8.06. The summed E-state index contributed by atoms with van der Waals surface area (Å²) in [4.78, 5) is 49.0. The predicted molar refractivity (Wildman–Crippen MR) is 132 cm³/mol. The van der Waals surface area contributed by atoms with E-state index in [-0.39, 0.29) is 18.7 Å². The lowest BCUT2D eigenvalue weighted by Gasteiger charge is -2.22. The summed E-state index contributed by atoms with van der Waals surface area (Å²) in [5.41, 5.74) is 2.47. The molecular formula is C27H27N3O5. The van der Waals surface area contributed by atoms with E-state index in [1.54, 1.807) is 54.6 Å². The molecule has 3 amide bonds. The average molecular weight is 474 g/mol. The van der Waals surface area contributed by atoms with Gasteiger partial charge in [0.15, 0.2) is 0 Å². The Morgan fingerprint density at radius 1 is 0.714 bits per heavy atom. The van der Waals surface area contributed by atoms with Crippen molar-refractivity contribution in [3.8, 4) is 0 Å². The predicted octanol–water partition coefficient (Wildman–Crippen LogP) is 2.80. The van der Waals surface area contributed by atoms with Crippen LogP contribution in [0.2, 0.25) is 0 Å². The molecule has 3 rings (SSSR count). The molecule has 8 heteroatoms. The van der Waals surface area contributed by atoms with E-state index in [1.807, 2.05) is 30.3 Å². The summed E-state index contributed by atoms with van der Waals surface area (Å²) in [6, 6.07) is 22.2. The van der Waals surface area contributed by atoms with Crippen LogP contribution in [0.25, 0.3) is 0 Å². The van der Waals surface area contributed by atoms with Gasteiger partial charge in [0.25, 0.3) is 5.91 Å². The Hall–Kier alpha value is -4.46. The molecule has 2 atom stereocenters. The first kappa shape index (κ1) is 25.2. The van der Waals surface area contributed by atoms with Crippen LogP contribution in [-0.2, 0) is 27.2 Å². The van der Waals surface area contributed by atoms with Gasteiger partial charge in [-0.3, -0.25) is 14.4 Å². The Morgan fingerprint density at radius 2 is 1.26 bits per heavy atom. The van der Waals surface area contributed by atoms with E-state index in [2.05, 4.69) is 16.0 Å². The standard InChI is InChI=1S/C27H27N3O5/c1-18(31)28-22-14-12-20(13-15-22)17-24(27(34)35)30-26(33)23(16-19-8-4-2-5-9-19)29-25(32)21-10-6-3-7-11-21/h2-15,23-24H,16-17H2,1H3,(H,28,31)(H,29,32)(H,30,33)(H,34,35)/t23-,24-/m0/s1. The van der Waals surface area contributed by atoms with E-state index >= 15 is 0 Å². The minimum atomic E-state index is -1.21. The van der Waals surface area contributed by atoms with Gasteiger partial charge in [-0.25, -0.2) is 4.79 Å². The zero-order valence-electron chi connectivity index (χ0n) is 19.2. The van der Waals surface area contributed by atoms with Crippen LogP contribution in [-0.4, -0.2) is 40.9 Å². The molecule has 0 heterocycles. The molecule has 0 aliphatic heterocycles. The van der Waals surface area contributed by atoms with Crippen LogP contribution in [0.4, 0.5) is 5.69 Å². The number of nitrogens with one attached hydrogen (secondary N) is 3. The highest BCUT2D eigenvalue weighted by Crippen LogP contribution is 2.12. The lowest BCUT2D eigenvalue weighted by molar-refractivity contribution is -0.142. The van der Waals surface area contributed by atoms with E-state index in [4.69, 9.17) is 0 Å². The molecule has 8 nitrogen and oxygen atoms in total. The van der Waals surface area contributed by atoms with Gasteiger partial charge < -0.3 is 21.1 Å². The largest absolute Gasteiger partial charge is 0.480 e. The van der Waals surface area contributed by atoms with E-state index in [0.29, 0.717) is 16.8 Å². The smallest absolute Gasteiger partial charge is 0.326 e. The summed E-state index contributed by atoms with van der Waals surface area (Å²) in [5, 5.41) is 17.7. The highest BCUT2D eigenvalue weighted by atomic mass is 16.4. The van der Waals surface area contributed by atoms with Crippen molar-refractivity contribution in [1.29, 1.82) is 0 Å². The third-order valence-corrected chi connectivity index (χ3v) is 5.27. The fraction of sp³-hybridized carbons (Fsp3) is 0.185. The molecule has 0 fully saturated rings. The second kappa shape index (κ2) is 12.1. The molecule has 0 aromatic heterocycles. The van der Waals surface area contributed by atoms with Crippen LogP contribution < -0.4 is 16.0 Å². The van der Waals surface area contributed by atoms with Crippen LogP contribution in [0.3, 0.4) is 0 Å². The quantitative estimate of drug-likeness (QED) is 0.360. The highest BCUT2D eigenvalue weighted by molar-refractivity contribution is 5.98. The van der Waals surface area contributed by atoms with Gasteiger partial charge in [-0.05, 0) is 35.4 Å². The van der Waals surface area contributed by atoms with Crippen LogP contribution in [0.1, 0.15) is 28.4 Å². The Labute approximate surface area is 203 Å². The van der Waals surface area contributed by atoms with Crippen molar-refractivity contribution < 1.29 is 24.3 Å². The summed E-state index contributed by atoms with van der Waals surface area (Å²) in [5.74, 6) is -2.44. The zero-order chi connectivity index (χ0) is 25.2. The maximum absolute atomic E-state index is 13.2. The van der Waals surface area contributed by atoms with Gasteiger partial charge in [-0.15, -0.1) is 0 Å². The second-order valence-electron chi connectivity index (χ2n) is 8.06. The van der Waals surface area contributed by atoms with E-state index in [1.165, 1.54) is 6.92 Å². The van der Waals surface area contributed by atoms with Crippen molar-refractivity contribution in [2.24, 2.45) is 0 Å². The van der Waals surface area contributed by atoms with Gasteiger partial charge in [-0.1, -0.05) is 60.7 Å². The molecule has 0 saturated heterocycles. The van der Waals surface area contributed by atoms with Gasteiger partial charge >= 0.3 is 5.97 Å². The Bertz CT molecular complexity index is 1160. The fourth-order valence-electron chi connectivity index (χ4n) is 3.53. The van der Waals surface area contributed by atoms with Crippen molar-refractivity contribution in [1.82, 2.24) is 10.6 Å². The van der Waals surface area contributed by atoms with Crippen LogP contribution in [0.15, 0.2) is 84.9 Å². The fourth-order valence-corrected chi connectivity index (χ4v) is 3.53. The van der Waals surface area contributed by atoms with E-state index in [0.717, 1.165) is 5.56 Å². The molecule has 0 radical (unpaired) electrons. The number of hydrogen-bond acceptors (Lipinski definition) is 4. The topological polar surface area (TPSA) is 125 Å². The van der Waals surface area contributed by atoms with Crippen molar-refractivity contribution >= 4 is 29.4 Å². The highest BCUT2D eigenvalue weighted by Gasteiger charge is 2.27. The van der Waals surface area contributed by atoms with Crippen molar-refractivity contribution in [3.63, 3.8) is 0 Å². The number of benzene rings is 3. The van der Waals surface area contributed by atoms with E-state index in [9.17, 15) is 24.3 Å². The maximum Gasteiger partial charge on any atom is 0.326 e. The molecule has 0 saturated carbocycles. The average Bonchev–Trinajstić information content (AvgIpc) is 2.85. The monoisotopic (exact) mass is 473 g/mol. The number of hydrogen-bond donors (Lipinski definition) is 4. The normalized spacial score (nSPS) is 12.1. The minimum Gasteiger partial charge on any atom is -0.480 e. The summed E-state index contributed by atoms with van der Waals surface area (Å²) in [7, 11) is 0. The molecule has 3 aromatic rings. The summed E-state index contributed by atoms with van der Waals surface area (Å²) < 4.78 is 0. The van der Waals surface area contributed by atoms with Gasteiger partial charge in [-0.2, -0.15) is 0 Å². The number of carbonyl (C=O) groups excluding carboxylic acids is 3. The molecule has 0 aliphatic carbocycles. The molecular weight excluding hydrogens is 446 g/mol. The van der Waals surface area contributed by atoms with Crippen molar-refractivity contribution in [3.05, 3.63) is 102 Å². The van der Waals surface area contributed by atoms with Crippen LogP contribution in [0.5, 0.6) is 0 Å². The van der Waals surface area contributed by atoms with Gasteiger partial charge in [0.2, 0.25) is 11.8 Å². The summed E-state index contributed by atoms with van der Waals surface area (Å²) in [6.07, 6.45) is 0.231. The first-order chi connectivity index (χ1) is 16.8. The number of carbonyl (C=O) groups is 4. The number of carboxylic acids is 1. The molecule has 0 aliphatic rings. The first-order valence-corrected chi connectivity index (χ1v) is 11.1. The SMILES string of the molecule is CC(=O)Nc1ccc(C[C@H](NC(=O)[C@H](Cc2ccccc2)NC(=O)c2ccccc2)C(=O)O)cc1. The molecule has 0 unspecified atom stereocenters. The molecule has 3 aromatic carbocycles. The molecule has 0 bridgehead atoms. The molecule has 180 valence electrons. The third-order valence-electron chi connectivity index (χ3n) is 5.27.